The molecule has 1 amide bonds. The summed E-state index contributed by atoms with van der Waals surface area (Å²) in [5, 5.41) is 3.01. The summed E-state index contributed by atoms with van der Waals surface area (Å²) in [4.78, 5) is 14.2. The van der Waals surface area contributed by atoms with E-state index in [-0.39, 0.29) is 11.3 Å². The SMILES string of the molecule is CC(C)(C)C(=O)NCCCCCN1CCCCC1. The summed E-state index contributed by atoms with van der Waals surface area (Å²) in [6.45, 7) is 10.5. The van der Waals surface area contributed by atoms with Crippen LogP contribution in [0, 0.1) is 5.41 Å². The van der Waals surface area contributed by atoms with Gasteiger partial charge in [0.1, 0.15) is 0 Å². The molecule has 0 aromatic rings. The van der Waals surface area contributed by atoms with Crippen molar-refractivity contribution in [3.8, 4) is 0 Å². The number of nitrogens with zero attached hydrogens (tertiary/aromatic N) is 1. The van der Waals surface area contributed by atoms with Crippen LogP contribution in [0.4, 0.5) is 0 Å². The van der Waals surface area contributed by atoms with Crippen molar-refractivity contribution < 1.29 is 4.79 Å². The van der Waals surface area contributed by atoms with Gasteiger partial charge in [-0.3, -0.25) is 4.79 Å². The highest BCUT2D eigenvalue weighted by Gasteiger charge is 2.20. The van der Waals surface area contributed by atoms with Crippen LogP contribution in [0.15, 0.2) is 0 Å². The molecule has 0 unspecified atom stereocenters. The van der Waals surface area contributed by atoms with Gasteiger partial charge in [-0.25, -0.2) is 0 Å². The summed E-state index contributed by atoms with van der Waals surface area (Å²) >= 11 is 0. The molecule has 1 fully saturated rings. The fraction of sp³-hybridized carbons (Fsp3) is 0.933. The van der Waals surface area contributed by atoms with Gasteiger partial charge in [0.15, 0.2) is 0 Å². The van der Waals surface area contributed by atoms with E-state index >= 15 is 0 Å². The number of hydrogen-bond acceptors (Lipinski definition) is 2. The van der Waals surface area contributed by atoms with Crippen molar-refractivity contribution in [2.45, 2.75) is 59.3 Å². The molecule has 1 aliphatic heterocycles. The Balaban J connectivity index is 1.94. The molecule has 1 N–H and O–H groups in total. The highest BCUT2D eigenvalue weighted by molar-refractivity contribution is 5.81. The standard InChI is InChI=1S/C15H30N2O/c1-15(2,3)14(18)16-10-6-4-7-11-17-12-8-5-9-13-17/h4-13H2,1-3H3,(H,16,18). The Morgan fingerprint density at radius 1 is 1.06 bits per heavy atom. The number of likely N-dealkylation sites (tertiary alicyclic amines) is 1. The summed E-state index contributed by atoms with van der Waals surface area (Å²) in [5.74, 6) is 0.165. The van der Waals surface area contributed by atoms with Crippen LogP contribution in [0.2, 0.25) is 0 Å². The smallest absolute Gasteiger partial charge is 0.225 e. The Labute approximate surface area is 112 Å². The van der Waals surface area contributed by atoms with Crippen molar-refractivity contribution in [2.75, 3.05) is 26.2 Å². The van der Waals surface area contributed by atoms with Crippen LogP contribution in [-0.2, 0) is 4.79 Å². The lowest BCUT2D eigenvalue weighted by Crippen LogP contribution is -2.35. The van der Waals surface area contributed by atoms with Gasteiger partial charge in [-0.05, 0) is 45.3 Å². The Kier molecular flexibility index (Phi) is 6.69. The van der Waals surface area contributed by atoms with Crippen LogP contribution in [0.3, 0.4) is 0 Å². The molecule has 0 spiro atoms. The Bertz CT molecular complexity index is 239. The molecule has 1 saturated heterocycles. The van der Waals surface area contributed by atoms with E-state index < -0.39 is 0 Å². The number of rotatable bonds is 6. The van der Waals surface area contributed by atoms with Crippen LogP contribution in [0.5, 0.6) is 0 Å². The average Bonchev–Trinajstić information content (AvgIpc) is 2.33. The number of carbonyl (C=O) groups excluding carboxylic acids is 1. The van der Waals surface area contributed by atoms with Gasteiger partial charge in [-0.15, -0.1) is 0 Å². The minimum Gasteiger partial charge on any atom is -0.356 e. The van der Waals surface area contributed by atoms with E-state index in [4.69, 9.17) is 0 Å². The van der Waals surface area contributed by atoms with Crippen molar-refractivity contribution in [2.24, 2.45) is 5.41 Å². The lowest BCUT2D eigenvalue weighted by atomic mass is 9.96. The summed E-state index contributed by atoms with van der Waals surface area (Å²) in [6, 6.07) is 0. The molecule has 0 aromatic heterocycles. The number of piperidine rings is 1. The summed E-state index contributed by atoms with van der Waals surface area (Å²) in [5.41, 5.74) is -0.256. The fourth-order valence-electron chi connectivity index (χ4n) is 2.29. The first-order valence-corrected chi connectivity index (χ1v) is 7.51. The second-order valence-electron chi connectivity index (χ2n) is 6.47. The lowest BCUT2D eigenvalue weighted by molar-refractivity contribution is -0.128. The third-order valence-corrected chi connectivity index (χ3v) is 3.57. The molecule has 0 bridgehead atoms. The first-order chi connectivity index (χ1) is 8.50. The zero-order valence-electron chi connectivity index (χ0n) is 12.4. The molecule has 0 aromatic carbocycles. The molecule has 106 valence electrons. The molecule has 1 rings (SSSR count). The molecular weight excluding hydrogens is 224 g/mol. The topological polar surface area (TPSA) is 32.3 Å². The molecule has 3 heteroatoms. The maximum atomic E-state index is 11.6. The Morgan fingerprint density at radius 3 is 2.33 bits per heavy atom. The van der Waals surface area contributed by atoms with Crippen LogP contribution < -0.4 is 5.32 Å². The third kappa shape index (κ3) is 6.39. The molecule has 0 aliphatic carbocycles. The summed E-state index contributed by atoms with van der Waals surface area (Å²) in [6.07, 6.45) is 7.76. The monoisotopic (exact) mass is 254 g/mol. The zero-order valence-corrected chi connectivity index (χ0v) is 12.4. The van der Waals surface area contributed by atoms with Crippen molar-refractivity contribution in [1.29, 1.82) is 0 Å². The number of amides is 1. The number of carbonyl (C=O) groups is 1. The Morgan fingerprint density at radius 2 is 1.72 bits per heavy atom. The molecule has 0 atom stereocenters. The molecule has 0 saturated carbocycles. The zero-order chi connectivity index (χ0) is 13.4. The van der Waals surface area contributed by atoms with Gasteiger partial charge in [0, 0.05) is 12.0 Å². The predicted molar refractivity (Wildman–Crippen MR) is 76.6 cm³/mol. The minimum absolute atomic E-state index is 0.165. The van der Waals surface area contributed by atoms with E-state index in [2.05, 4.69) is 10.2 Å². The van der Waals surface area contributed by atoms with E-state index in [9.17, 15) is 4.79 Å². The average molecular weight is 254 g/mol. The highest BCUT2D eigenvalue weighted by atomic mass is 16.2. The van der Waals surface area contributed by atoms with Gasteiger partial charge < -0.3 is 10.2 Å². The Hall–Kier alpha value is -0.570. The lowest BCUT2D eigenvalue weighted by Gasteiger charge is -2.26. The van der Waals surface area contributed by atoms with Crippen LogP contribution in [0.25, 0.3) is 0 Å². The normalized spacial score (nSPS) is 17.7. The van der Waals surface area contributed by atoms with E-state index in [0.717, 1.165) is 13.0 Å². The van der Waals surface area contributed by atoms with Gasteiger partial charge in [0.25, 0.3) is 0 Å². The van der Waals surface area contributed by atoms with Crippen molar-refractivity contribution in [3.63, 3.8) is 0 Å². The molecule has 1 heterocycles. The summed E-state index contributed by atoms with van der Waals surface area (Å²) in [7, 11) is 0. The van der Waals surface area contributed by atoms with E-state index in [1.165, 1.54) is 51.7 Å². The van der Waals surface area contributed by atoms with E-state index in [1.807, 2.05) is 20.8 Å². The number of nitrogens with one attached hydrogen (secondary N) is 1. The maximum Gasteiger partial charge on any atom is 0.225 e. The van der Waals surface area contributed by atoms with Gasteiger partial charge in [-0.1, -0.05) is 33.6 Å². The molecule has 1 aliphatic rings. The summed E-state index contributed by atoms with van der Waals surface area (Å²) < 4.78 is 0. The first-order valence-electron chi connectivity index (χ1n) is 7.51. The number of unbranched alkanes of at least 4 members (excludes halogenated alkanes) is 2. The second kappa shape index (κ2) is 7.78. The van der Waals surface area contributed by atoms with Crippen LogP contribution >= 0.6 is 0 Å². The first kappa shape index (κ1) is 15.5. The van der Waals surface area contributed by atoms with Gasteiger partial charge in [0.05, 0.1) is 0 Å². The molecular formula is C15H30N2O. The second-order valence-corrected chi connectivity index (χ2v) is 6.47. The third-order valence-electron chi connectivity index (χ3n) is 3.57. The maximum absolute atomic E-state index is 11.6. The molecule has 0 radical (unpaired) electrons. The minimum atomic E-state index is -0.256. The molecule has 3 nitrogen and oxygen atoms in total. The predicted octanol–water partition coefficient (Wildman–Crippen LogP) is 2.80. The van der Waals surface area contributed by atoms with Crippen LogP contribution in [0.1, 0.15) is 59.3 Å². The quantitative estimate of drug-likeness (QED) is 0.739. The number of hydrogen-bond donors (Lipinski definition) is 1. The van der Waals surface area contributed by atoms with Crippen molar-refractivity contribution in [3.05, 3.63) is 0 Å². The van der Waals surface area contributed by atoms with Crippen LogP contribution in [-0.4, -0.2) is 37.0 Å². The molecule has 18 heavy (non-hydrogen) atoms. The fourth-order valence-corrected chi connectivity index (χ4v) is 2.29. The van der Waals surface area contributed by atoms with Gasteiger partial charge in [-0.2, -0.15) is 0 Å². The van der Waals surface area contributed by atoms with Gasteiger partial charge >= 0.3 is 0 Å². The van der Waals surface area contributed by atoms with E-state index in [0.29, 0.717) is 0 Å². The van der Waals surface area contributed by atoms with Crippen molar-refractivity contribution in [1.82, 2.24) is 10.2 Å². The largest absolute Gasteiger partial charge is 0.356 e. The highest BCUT2D eigenvalue weighted by Crippen LogP contribution is 2.12. The van der Waals surface area contributed by atoms with E-state index in [1.54, 1.807) is 0 Å². The van der Waals surface area contributed by atoms with Crippen molar-refractivity contribution >= 4 is 5.91 Å². The van der Waals surface area contributed by atoms with Gasteiger partial charge in [0.2, 0.25) is 5.91 Å².